The van der Waals surface area contributed by atoms with Gasteiger partial charge in [-0.05, 0) is 31.9 Å². The number of rotatable bonds is 6. The molecule has 0 aliphatic carbocycles. The van der Waals surface area contributed by atoms with E-state index in [9.17, 15) is 9.90 Å². The molecule has 0 saturated carbocycles. The summed E-state index contributed by atoms with van der Waals surface area (Å²) in [4.78, 5) is 24.6. The summed E-state index contributed by atoms with van der Waals surface area (Å²) in [6, 6.07) is 3.69. The lowest BCUT2D eigenvalue weighted by molar-refractivity contribution is -0.133. The van der Waals surface area contributed by atoms with Crippen LogP contribution in [0.1, 0.15) is 25.0 Å². The average molecular weight is 358 g/mol. The van der Waals surface area contributed by atoms with Crippen LogP contribution >= 0.6 is 0 Å². The van der Waals surface area contributed by atoms with Crippen molar-refractivity contribution >= 4 is 11.9 Å². The molecule has 1 saturated heterocycles. The van der Waals surface area contributed by atoms with Crippen molar-refractivity contribution < 1.29 is 9.90 Å². The SMILES string of the molecule is Cc1ccnn1CCC(=O)N(C)CC1(O)CCCN(c2ncccn2)C1. The lowest BCUT2D eigenvalue weighted by atomic mass is 9.92. The molecule has 0 bridgehead atoms. The summed E-state index contributed by atoms with van der Waals surface area (Å²) in [5.74, 6) is 0.621. The van der Waals surface area contributed by atoms with Gasteiger partial charge in [0.25, 0.3) is 0 Å². The van der Waals surface area contributed by atoms with Crippen LogP contribution in [-0.2, 0) is 11.3 Å². The molecule has 1 fully saturated rings. The number of aliphatic hydroxyl groups is 1. The molecule has 8 nitrogen and oxygen atoms in total. The Bertz CT molecular complexity index is 734. The molecule has 1 N–H and O–H groups in total. The highest BCUT2D eigenvalue weighted by atomic mass is 16.3. The van der Waals surface area contributed by atoms with Gasteiger partial charge < -0.3 is 14.9 Å². The number of likely N-dealkylation sites (N-methyl/N-ethyl adjacent to an activating group) is 1. The second kappa shape index (κ2) is 7.82. The highest BCUT2D eigenvalue weighted by Gasteiger charge is 2.36. The first kappa shape index (κ1) is 18.3. The Hall–Kier alpha value is -2.48. The number of piperidine rings is 1. The van der Waals surface area contributed by atoms with Crippen LogP contribution in [-0.4, -0.2) is 67.9 Å². The van der Waals surface area contributed by atoms with Gasteiger partial charge >= 0.3 is 0 Å². The van der Waals surface area contributed by atoms with E-state index < -0.39 is 5.60 Å². The number of nitrogens with zero attached hydrogens (tertiary/aromatic N) is 6. The van der Waals surface area contributed by atoms with Crippen LogP contribution in [0.3, 0.4) is 0 Å². The highest BCUT2D eigenvalue weighted by molar-refractivity contribution is 5.75. The fourth-order valence-electron chi connectivity index (χ4n) is 3.42. The Labute approximate surface area is 153 Å². The summed E-state index contributed by atoms with van der Waals surface area (Å²) in [5.41, 5.74) is 0.0774. The molecule has 1 aliphatic rings. The molecule has 0 aromatic carbocycles. The molecule has 0 radical (unpaired) electrons. The number of hydrogen-bond donors (Lipinski definition) is 1. The molecular formula is C18H26N6O2. The van der Waals surface area contributed by atoms with Gasteiger partial charge in [0.15, 0.2) is 0 Å². The van der Waals surface area contributed by atoms with Crippen LogP contribution in [0.4, 0.5) is 5.95 Å². The van der Waals surface area contributed by atoms with Gasteiger partial charge in [-0.1, -0.05) is 0 Å². The van der Waals surface area contributed by atoms with E-state index in [0.29, 0.717) is 38.4 Å². The first-order valence-corrected chi connectivity index (χ1v) is 8.94. The van der Waals surface area contributed by atoms with E-state index in [0.717, 1.165) is 18.7 Å². The largest absolute Gasteiger partial charge is 0.386 e. The van der Waals surface area contributed by atoms with E-state index in [1.165, 1.54) is 0 Å². The second-order valence-electron chi connectivity index (χ2n) is 6.99. The van der Waals surface area contributed by atoms with E-state index in [1.807, 2.05) is 22.6 Å². The van der Waals surface area contributed by atoms with Crippen LogP contribution in [0.15, 0.2) is 30.7 Å². The molecule has 8 heteroatoms. The van der Waals surface area contributed by atoms with Crippen LogP contribution < -0.4 is 4.90 Å². The van der Waals surface area contributed by atoms with E-state index in [2.05, 4.69) is 15.1 Å². The van der Waals surface area contributed by atoms with Crippen LogP contribution in [0.25, 0.3) is 0 Å². The predicted molar refractivity (Wildman–Crippen MR) is 97.6 cm³/mol. The molecule has 1 aliphatic heterocycles. The number of β-amino-alcohol motifs (C(OH)–C–C–N with tert-alkyl or cyclic N) is 1. The number of aromatic nitrogens is 4. The molecule has 0 spiro atoms. The molecule has 3 heterocycles. The molecule has 140 valence electrons. The van der Waals surface area contributed by atoms with Crippen LogP contribution in [0.2, 0.25) is 0 Å². The fraction of sp³-hybridized carbons (Fsp3) is 0.556. The van der Waals surface area contributed by atoms with E-state index >= 15 is 0 Å². The number of carbonyl (C=O) groups excluding carboxylic acids is 1. The zero-order valence-corrected chi connectivity index (χ0v) is 15.4. The third kappa shape index (κ3) is 4.37. The maximum absolute atomic E-state index is 12.5. The molecule has 26 heavy (non-hydrogen) atoms. The van der Waals surface area contributed by atoms with Crippen molar-refractivity contribution in [3.63, 3.8) is 0 Å². The number of aryl methyl sites for hydroxylation is 2. The molecule has 1 atom stereocenters. The van der Waals surface area contributed by atoms with Gasteiger partial charge in [-0.2, -0.15) is 5.10 Å². The number of hydrogen-bond acceptors (Lipinski definition) is 6. The first-order valence-electron chi connectivity index (χ1n) is 8.94. The van der Waals surface area contributed by atoms with Crippen molar-refractivity contribution in [3.8, 4) is 0 Å². The second-order valence-corrected chi connectivity index (χ2v) is 6.99. The zero-order chi connectivity index (χ0) is 18.6. The average Bonchev–Trinajstić information content (AvgIpc) is 3.05. The van der Waals surface area contributed by atoms with E-state index in [1.54, 1.807) is 36.6 Å². The lowest BCUT2D eigenvalue weighted by Gasteiger charge is -2.41. The topological polar surface area (TPSA) is 87.4 Å². The molecule has 1 amide bonds. The fourth-order valence-corrected chi connectivity index (χ4v) is 3.42. The van der Waals surface area contributed by atoms with Crippen molar-refractivity contribution in [2.45, 2.75) is 38.3 Å². The molecule has 2 aromatic heterocycles. The third-order valence-corrected chi connectivity index (χ3v) is 4.81. The van der Waals surface area contributed by atoms with Crippen molar-refractivity contribution in [1.29, 1.82) is 0 Å². The van der Waals surface area contributed by atoms with Gasteiger partial charge in [-0.15, -0.1) is 0 Å². The quantitative estimate of drug-likeness (QED) is 0.824. The van der Waals surface area contributed by atoms with Gasteiger partial charge in [0, 0.05) is 50.8 Å². The van der Waals surface area contributed by atoms with Gasteiger partial charge in [0.2, 0.25) is 11.9 Å². The van der Waals surface area contributed by atoms with E-state index in [-0.39, 0.29) is 5.91 Å². The summed E-state index contributed by atoms with van der Waals surface area (Å²) in [5, 5.41) is 15.2. The summed E-state index contributed by atoms with van der Waals surface area (Å²) in [6.45, 7) is 4.04. The Morgan fingerprint density at radius 2 is 2.12 bits per heavy atom. The molecule has 3 rings (SSSR count). The van der Waals surface area contributed by atoms with Gasteiger partial charge in [-0.3, -0.25) is 9.48 Å². The van der Waals surface area contributed by atoms with Crippen LogP contribution in [0, 0.1) is 6.92 Å². The summed E-state index contributed by atoms with van der Waals surface area (Å²) in [6.07, 6.45) is 6.98. The number of anilines is 1. The molecule has 1 unspecified atom stereocenters. The molecular weight excluding hydrogens is 332 g/mol. The first-order chi connectivity index (χ1) is 12.5. The highest BCUT2D eigenvalue weighted by Crippen LogP contribution is 2.24. The maximum atomic E-state index is 12.5. The Morgan fingerprint density at radius 1 is 1.35 bits per heavy atom. The minimum Gasteiger partial charge on any atom is -0.386 e. The summed E-state index contributed by atoms with van der Waals surface area (Å²) < 4.78 is 1.82. The minimum atomic E-state index is -0.955. The smallest absolute Gasteiger partial charge is 0.225 e. The molecule has 2 aromatic rings. The van der Waals surface area contributed by atoms with Gasteiger partial charge in [0.1, 0.15) is 0 Å². The lowest BCUT2D eigenvalue weighted by Crippen LogP contribution is -2.55. The zero-order valence-electron chi connectivity index (χ0n) is 15.4. The Kier molecular flexibility index (Phi) is 5.51. The van der Waals surface area contributed by atoms with Gasteiger partial charge in [0.05, 0.1) is 18.7 Å². The van der Waals surface area contributed by atoms with E-state index in [4.69, 9.17) is 0 Å². The normalized spacial score (nSPS) is 20.2. The van der Waals surface area contributed by atoms with Crippen molar-refractivity contribution in [3.05, 3.63) is 36.4 Å². The standard InChI is InChI=1S/C18H26N6O2/c1-15-5-10-21-24(15)12-6-16(25)22(2)13-18(26)7-3-11-23(14-18)17-19-8-4-9-20-17/h4-5,8-10,26H,3,6-7,11-14H2,1-2H3. The monoisotopic (exact) mass is 358 g/mol. The maximum Gasteiger partial charge on any atom is 0.225 e. The predicted octanol–water partition coefficient (Wildman–Crippen LogP) is 0.862. The van der Waals surface area contributed by atoms with Crippen LogP contribution in [0.5, 0.6) is 0 Å². The Balaban J connectivity index is 1.56. The number of carbonyl (C=O) groups is 1. The summed E-state index contributed by atoms with van der Waals surface area (Å²) >= 11 is 0. The third-order valence-electron chi connectivity index (χ3n) is 4.81. The number of amides is 1. The Morgan fingerprint density at radius 3 is 2.81 bits per heavy atom. The van der Waals surface area contributed by atoms with Gasteiger partial charge in [-0.25, -0.2) is 9.97 Å². The van der Waals surface area contributed by atoms with Crippen molar-refractivity contribution in [2.75, 3.05) is 31.6 Å². The van der Waals surface area contributed by atoms with Crippen molar-refractivity contribution in [2.24, 2.45) is 0 Å². The van der Waals surface area contributed by atoms with Crippen molar-refractivity contribution in [1.82, 2.24) is 24.6 Å². The summed E-state index contributed by atoms with van der Waals surface area (Å²) in [7, 11) is 1.74. The minimum absolute atomic E-state index is 0.00131.